The lowest BCUT2D eigenvalue weighted by atomic mass is 10.0. The Morgan fingerprint density at radius 1 is 1.29 bits per heavy atom. The van der Waals surface area contributed by atoms with Gasteiger partial charge in [0.25, 0.3) is 5.56 Å². The van der Waals surface area contributed by atoms with E-state index < -0.39 is 6.04 Å². The predicted molar refractivity (Wildman–Crippen MR) is 105 cm³/mol. The molecule has 0 aliphatic carbocycles. The Morgan fingerprint density at radius 3 is 2.82 bits per heavy atom. The number of fused-ring (bicyclic) bond motifs is 1. The normalized spacial score (nSPS) is 15.5. The first-order valence-corrected chi connectivity index (χ1v) is 9.53. The van der Waals surface area contributed by atoms with Crippen LogP contribution in [-0.2, 0) is 16.0 Å². The number of rotatable bonds is 4. The van der Waals surface area contributed by atoms with Crippen LogP contribution in [0.3, 0.4) is 0 Å². The molecule has 0 N–H and O–H groups in total. The summed E-state index contributed by atoms with van der Waals surface area (Å²) in [6.07, 6.45) is 2.72. The molecule has 3 heterocycles. The number of aromatic nitrogens is 4. The molecule has 144 valence electrons. The molecule has 0 saturated heterocycles. The largest absolute Gasteiger partial charge is 0.464 e. The molecule has 0 radical (unpaired) electrons. The highest BCUT2D eigenvalue weighted by Gasteiger charge is 2.31. The van der Waals surface area contributed by atoms with E-state index in [2.05, 4.69) is 10.3 Å². The Hall–Kier alpha value is -2.64. The average Bonchev–Trinajstić information content (AvgIpc) is 3.28. The van der Waals surface area contributed by atoms with Gasteiger partial charge in [0, 0.05) is 22.3 Å². The molecule has 0 amide bonds. The highest BCUT2D eigenvalue weighted by Crippen LogP contribution is 2.32. The number of aryl methyl sites for hydroxylation is 1. The zero-order valence-corrected chi connectivity index (χ0v) is 16.4. The summed E-state index contributed by atoms with van der Waals surface area (Å²) in [6, 6.07) is 8.09. The molecule has 1 atom stereocenters. The number of benzene rings is 1. The highest BCUT2D eigenvalue weighted by molar-refractivity contribution is 6.31. The third-order valence-corrected chi connectivity index (χ3v) is 5.08. The number of esters is 1. The number of nitrogens with zero attached hydrogens (tertiary/aromatic N) is 4. The van der Waals surface area contributed by atoms with E-state index in [4.69, 9.17) is 27.9 Å². The van der Waals surface area contributed by atoms with Crippen LogP contribution >= 0.6 is 23.2 Å². The summed E-state index contributed by atoms with van der Waals surface area (Å²) in [5.74, 6) is -0.378. The van der Waals surface area contributed by atoms with Crippen LogP contribution in [0.15, 0.2) is 41.3 Å². The fraction of sp³-hybridized carbons (Fsp3) is 0.263. The summed E-state index contributed by atoms with van der Waals surface area (Å²) < 4.78 is 8.14. The molecule has 28 heavy (non-hydrogen) atoms. The molecule has 4 rings (SSSR count). The monoisotopic (exact) mass is 418 g/mol. The molecule has 9 heteroatoms. The molecular formula is C19H16Cl2N4O3. The topological polar surface area (TPSA) is 79.0 Å². The van der Waals surface area contributed by atoms with Crippen molar-refractivity contribution in [3.8, 4) is 16.8 Å². The number of carbonyl (C=O) groups is 1. The lowest BCUT2D eigenvalue weighted by Gasteiger charge is -2.15. The van der Waals surface area contributed by atoms with Gasteiger partial charge in [-0.1, -0.05) is 28.4 Å². The first kappa shape index (κ1) is 18.7. The Labute approximate surface area is 170 Å². The van der Waals surface area contributed by atoms with Gasteiger partial charge in [-0.2, -0.15) is 0 Å². The molecule has 2 aromatic heterocycles. The minimum absolute atomic E-state index is 0.257. The molecular weight excluding hydrogens is 403 g/mol. The van der Waals surface area contributed by atoms with E-state index in [1.165, 1.54) is 15.3 Å². The summed E-state index contributed by atoms with van der Waals surface area (Å²) in [4.78, 5) is 25.0. The van der Waals surface area contributed by atoms with Crippen LogP contribution in [0.2, 0.25) is 10.2 Å². The van der Waals surface area contributed by atoms with Gasteiger partial charge in [-0.25, -0.2) is 9.48 Å². The smallest absolute Gasteiger partial charge is 0.329 e. The van der Waals surface area contributed by atoms with Crippen LogP contribution in [0.1, 0.15) is 25.1 Å². The van der Waals surface area contributed by atoms with Gasteiger partial charge < -0.3 is 4.74 Å². The van der Waals surface area contributed by atoms with Gasteiger partial charge in [-0.3, -0.25) is 9.36 Å². The van der Waals surface area contributed by atoms with Crippen molar-refractivity contribution in [3.05, 3.63) is 62.8 Å². The molecule has 3 aromatic rings. The second kappa shape index (κ2) is 7.41. The molecule has 1 aliphatic heterocycles. The zero-order chi connectivity index (χ0) is 19.8. The lowest BCUT2D eigenvalue weighted by Crippen LogP contribution is -2.28. The maximum Gasteiger partial charge on any atom is 0.329 e. The van der Waals surface area contributed by atoms with E-state index in [0.29, 0.717) is 34.7 Å². The molecule has 1 aliphatic rings. The van der Waals surface area contributed by atoms with Crippen LogP contribution in [0, 0.1) is 0 Å². The van der Waals surface area contributed by atoms with Crippen molar-refractivity contribution in [1.82, 2.24) is 19.6 Å². The van der Waals surface area contributed by atoms with Crippen molar-refractivity contribution >= 4 is 29.2 Å². The van der Waals surface area contributed by atoms with Crippen LogP contribution in [0.25, 0.3) is 16.8 Å². The zero-order valence-electron chi connectivity index (χ0n) is 14.9. The highest BCUT2D eigenvalue weighted by atomic mass is 35.5. The summed E-state index contributed by atoms with van der Waals surface area (Å²) in [5.41, 5.74) is 2.61. The van der Waals surface area contributed by atoms with Crippen molar-refractivity contribution in [2.75, 3.05) is 6.61 Å². The van der Waals surface area contributed by atoms with E-state index in [1.807, 2.05) is 6.07 Å². The first-order chi connectivity index (χ1) is 13.5. The van der Waals surface area contributed by atoms with E-state index in [0.717, 1.165) is 5.69 Å². The van der Waals surface area contributed by atoms with Crippen LogP contribution in [0.5, 0.6) is 0 Å². The summed E-state index contributed by atoms with van der Waals surface area (Å²) in [7, 11) is 0. The first-order valence-electron chi connectivity index (χ1n) is 8.78. The van der Waals surface area contributed by atoms with Gasteiger partial charge >= 0.3 is 5.97 Å². The second-order valence-corrected chi connectivity index (χ2v) is 7.22. The minimum Gasteiger partial charge on any atom is -0.464 e. The average molecular weight is 419 g/mol. The van der Waals surface area contributed by atoms with Crippen molar-refractivity contribution in [2.45, 2.75) is 25.8 Å². The van der Waals surface area contributed by atoms with Crippen molar-refractivity contribution in [2.24, 2.45) is 0 Å². The number of halogens is 2. The number of hydrogen-bond donors (Lipinski definition) is 0. The van der Waals surface area contributed by atoms with Gasteiger partial charge in [-0.05, 0) is 49.6 Å². The maximum atomic E-state index is 12.8. The van der Waals surface area contributed by atoms with E-state index in [9.17, 15) is 9.59 Å². The van der Waals surface area contributed by atoms with E-state index in [1.54, 1.807) is 31.3 Å². The van der Waals surface area contributed by atoms with Crippen LogP contribution in [-0.4, -0.2) is 32.1 Å². The molecule has 0 spiro atoms. The van der Waals surface area contributed by atoms with E-state index >= 15 is 0 Å². The van der Waals surface area contributed by atoms with Gasteiger partial charge in [0.1, 0.15) is 6.04 Å². The SMILES string of the molecule is CCOC(=O)[C@@H]1CCc2cc(-c3cc(Cl)ccc3-n3cc(Cl)nn3)cc(=O)n21. The maximum absolute atomic E-state index is 12.8. The third-order valence-electron chi connectivity index (χ3n) is 4.67. The predicted octanol–water partition coefficient (Wildman–Crippen LogP) is 3.45. The molecule has 7 nitrogen and oxygen atoms in total. The van der Waals surface area contributed by atoms with Gasteiger partial charge in [0.05, 0.1) is 18.5 Å². The summed E-state index contributed by atoms with van der Waals surface area (Å²) >= 11 is 12.1. The van der Waals surface area contributed by atoms with Gasteiger partial charge in [0.2, 0.25) is 0 Å². The number of pyridine rings is 1. The van der Waals surface area contributed by atoms with Gasteiger partial charge in [-0.15, -0.1) is 5.10 Å². The van der Waals surface area contributed by atoms with Crippen molar-refractivity contribution in [1.29, 1.82) is 0 Å². The molecule has 0 fully saturated rings. The van der Waals surface area contributed by atoms with Crippen molar-refractivity contribution in [3.63, 3.8) is 0 Å². The Bertz CT molecular complexity index is 1120. The molecule has 0 unspecified atom stereocenters. The fourth-order valence-electron chi connectivity index (χ4n) is 3.51. The van der Waals surface area contributed by atoms with Crippen molar-refractivity contribution < 1.29 is 9.53 Å². The Balaban J connectivity index is 1.82. The fourth-order valence-corrected chi connectivity index (χ4v) is 3.81. The molecule has 0 bridgehead atoms. The van der Waals surface area contributed by atoms with Gasteiger partial charge in [0.15, 0.2) is 5.15 Å². The Morgan fingerprint density at radius 2 is 2.11 bits per heavy atom. The second-order valence-electron chi connectivity index (χ2n) is 6.40. The third kappa shape index (κ3) is 3.31. The van der Waals surface area contributed by atoms with Crippen LogP contribution < -0.4 is 5.56 Å². The number of ether oxygens (including phenoxy) is 1. The molecule has 1 aromatic carbocycles. The summed E-state index contributed by atoms with van der Waals surface area (Å²) in [5, 5.41) is 8.58. The summed E-state index contributed by atoms with van der Waals surface area (Å²) in [6.45, 7) is 2.03. The lowest BCUT2D eigenvalue weighted by molar-refractivity contribution is -0.147. The number of carbonyl (C=O) groups excluding carboxylic acids is 1. The minimum atomic E-state index is -0.579. The van der Waals surface area contributed by atoms with E-state index in [-0.39, 0.29) is 23.3 Å². The molecule has 0 saturated carbocycles. The Kier molecular flexibility index (Phi) is 4.95. The standard InChI is InChI=1S/C19H16Cl2N4O3/c1-2-28-19(27)16-6-4-13-7-11(8-18(26)25(13)16)14-9-12(20)3-5-15(14)24-10-17(21)22-23-24/h3,5,7-10,16H,2,4,6H2,1H3/t16-/m0/s1. The number of hydrogen-bond acceptors (Lipinski definition) is 5. The quantitative estimate of drug-likeness (QED) is 0.606. The van der Waals surface area contributed by atoms with Crippen LogP contribution in [0.4, 0.5) is 0 Å².